The smallest absolute Gasteiger partial charge is 0.264 e. The lowest BCUT2D eigenvalue weighted by atomic mass is 10.1. The van der Waals surface area contributed by atoms with Gasteiger partial charge in [0.05, 0.1) is 9.26 Å². The minimum atomic E-state index is -0.0817. The number of hydrogen-bond acceptors (Lipinski definition) is 3. The summed E-state index contributed by atoms with van der Waals surface area (Å²) in [6.07, 6.45) is 4.37. The molecule has 2 aromatic heterocycles. The highest BCUT2D eigenvalue weighted by atomic mass is 127. The van der Waals surface area contributed by atoms with E-state index in [1.54, 1.807) is 6.20 Å². The Morgan fingerprint density at radius 2 is 2.16 bits per heavy atom. The fourth-order valence-corrected chi connectivity index (χ4v) is 2.48. The van der Waals surface area contributed by atoms with Crippen LogP contribution in [0.15, 0.2) is 23.1 Å². The average molecular weight is 369 g/mol. The lowest BCUT2D eigenvalue weighted by molar-refractivity contribution is 0.857. The molecule has 0 atom stereocenters. The van der Waals surface area contributed by atoms with Crippen molar-refractivity contribution in [1.29, 1.82) is 0 Å². The zero-order chi connectivity index (χ0) is 13.8. The van der Waals surface area contributed by atoms with Crippen LogP contribution in [0.25, 0.3) is 11.5 Å². The molecule has 0 aliphatic rings. The van der Waals surface area contributed by atoms with Crippen LogP contribution >= 0.6 is 22.6 Å². The summed E-state index contributed by atoms with van der Waals surface area (Å²) in [5.41, 5.74) is 2.64. The third-order valence-corrected chi connectivity index (χ3v) is 4.03. The monoisotopic (exact) mass is 369 g/mol. The van der Waals surface area contributed by atoms with Gasteiger partial charge in [-0.15, -0.1) is 0 Å². The lowest BCUT2D eigenvalue weighted by Gasteiger charge is -2.08. The zero-order valence-corrected chi connectivity index (χ0v) is 13.2. The van der Waals surface area contributed by atoms with Crippen LogP contribution in [0.3, 0.4) is 0 Å². The van der Waals surface area contributed by atoms with Gasteiger partial charge in [0.1, 0.15) is 5.69 Å². The third-order valence-electron chi connectivity index (χ3n) is 2.91. The summed E-state index contributed by atoms with van der Waals surface area (Å²) in [6, 6.07) is 3.92. The Morgan fingerprint density at radius 1 is 1.37 bits per heavy atom. The summed E-state index contributed by atoms with van der Waals surface area (Å²) < 4.78 is 0.678. The van der Waals surface area contributed by atoms with E-state index in [2.05, 4.69) is 51.4 Å². The minimum absolute atomic E-state index is 0.0817. The van der Waals surface area contributed by atoms with Gasteiger partial charge in [-0.25, -0.2) is 4.98 Å². The molecule has 0 aliphatic carbocycles. The molecular weight excluding hydrogens is 353 g/mol. The van der Waals surface area contributed by atoms with Gasteiger partial charge < -0.3 is 4.98 Å². The van der Waals surface area contributed by atoms with E-state index in [4.69, 9.17) is 0 Å². The highest BCUT2D eigenvalue weighted by Crippen LogP contribution is 2.18. The van der Waals surface area contributed by atoms with Crippen LogP contribution in [-0.2, 0) is 12.8 Å². The van der Waals surface area contributed by atoms with Crippen LogP contribution in [0, 0.1) is 3.57 Å². The number of aromatic nitrogens is 3. The second-order valence-electron chi connectivity index (χ2n) is 4.29. The maximum absolute atomic E-state index is 12.0. The molecule has 100 valence electrons. The third kappa shape index (κ3) is 3.02. The molecule has 0 fully saturated rings. The molecule has 19 heavy (non-hydrogen) atoms. The van der Waals surface area contributed by atoms with E-state index >= 15 is 0 Å². The van der Waals surface area contributed by atoms with E-state index < -0.39 is 0 Å². The van der Waals surface area contributed by atoms with Gasteiger partial charge in [-0.05, 0) is 47.1 Å². The fourth-order valence-electron chi connectivity index (χ4n) is 1.96. The predicted octanol–water partition coefficient (Wildman–Crippen LogP) is 2.95. The van der Waals surface area contributed by atoms with Gasteiger partial charge in [0.25, 0.3) is 5.56 Å². The van der Waals surface area contributed by atoms with Crippen molar-refractivity contribution in [1.82, 2.24) is 15.0 Å². The summed E-state index contributed by atoms with van der Waals surface area (Å²) >= 11 is 2.06. The van der Waals surface area contributed by atoms with E-state index in [1.807, 2.05) is 12.1 Å². The van der Waals surface area contributed by atoms with Crippen LogP contribution in [0.4, 0.5) is 0 Å². The van der Waals surface area contributed by atoms with E-state index in [0.717, 1.165) is 36.2 Å². The lowest BCUT2D eigenvalue weighted by Crippen LogP contribution is -2.17. The van der Waals surface area contributed by atoms with Crippen molar-refractivity contribution >= 4 is 22.6 Å². The van der Waals surface area contributed by atoms with Gasteiger partial charge in [-0.3, -0.25) is 9.78 Å². The zero-order valence-electron chi connectivity index (χ0n) is 11.0. The van der Waals surface area contributed by atoms with Crippen LogP contribution in [-0.4, -0.2) is 15.0 Å². The summed E-state index contributed by atoms with van der Waals surface area (Å²) in [4.78, 5) is 23.7. The maximum atomic E-state index is 12.0. The number of rotatable bonds is 4. The molecule has 0 amide bonds. The van der Waals surface area contributed by atoms with Crippen LogP contribution in [0.1, 0.15) is 31.5 Å². The topological polar surface area (TPSA) is 58.6 Å². The summed E-state index contributed by atoms with van der Waals surface area (Å²) in [6.45, 7) is 4.15. The Morgan fingerprint density at radius 3 is 2.84 bits per heavy atom. The van der Waals surface area contributed by atoms with Gasteiger partial charge in [-0.1, -0.05) is 26.3 Å². The highest BCUT2D eigenvalue weighted by molar-refractivity contribution is 14.1. The fraction of sp³-hybridized carbons (Fsp3) is 0.357. The molecule has 0 bridgehead atoms. The van der Waals surface area contributed by atoms with Crippen molar-refractivity contribution in [3.8, 4) is 11.5 Å². The molecular formula is C14H16IN3O. The van der Waals surface area contributed by atoms with Gasteiger partial charge >= 0.3 is 0 Å². The van der Waals surface area contributed by atoms with Crippen LogP contribution in [0.5, 0.6) is 0 Å². The summed E-state index contributed by atoms with van der Waals surface area (Å²) in [7, 11) is 0. The van der Waals surface area contributed by atoms with E-state index in [9.17, 15) is 4.79 Å². The first-order valence-corrected chi connectivity index (χ1v) is 7.48. The first-order chi connectivity index (χ1) is 9.17. The standard InChI is InChI=1S/C14H16IN3O/c1-3-6-10-11(15)14(19)18-13(17-10)12-9(4-2)7-5-8-16-12/h5,7-8H,3-4,6H2,1-2H3,(H,17,18,19). The largest absolute Gasteiger partial charge is 0.304 e. The number of nitrogens with one attached hydrogen (secondary N) is 1. The Balaban J connectivity index is 2.59. The second-order valence-corrected chi connectivity index (χ2v) is 5.37. The molecule has 4 nitrogen and oxygen atoms in total. The summed E-state index contributed by atoms with van der Waals surface area (Å²) in [5, 5.41) is 0. The first-order valence-electron chi connectivity index (χ1n) is 6.40. The molecule has 1 N–H and O–H groups in total. The average Bonchev–Trinajstić information content (AvgIpc) is 2.43. The van der Waals surface area contributed by atoms with Gasteiger partial charge in [0.15, 0.2) is 5.82 Å². The quantitative estimate of drug-likeness (QED) is 0.844. The number of aryl methyl sites for hydroxylation is 2. The second kappa shape index (κ2) is 6.27. The molecule has 2 rings (SSSR count). The summed E-state index contributed by atoms with van der Waals surface area (Å²) in [5.74, 6) is 0.575. The Hall–Kier alpha value is -1.24. The van der Waals surface area contributed by atoms with E-state index in [0.29, 0.717) is 9.39 Å². The van der Waals surface area contributed by atoms with Crippen molar-refractivity contribution in [2.24, 2.45) is 0 Å². The SMILES string of the molecule is CCCc1nc(-c2ncccc2CC)[nH]c(=O)c1I. The Kier molecular flexibility index (Phi) is 4.68. The Labute approximate surface area is 125 Å². The number of H-pyrrole nitrogens is 1. The maximum Gasteiger partial charge on any atom is 0.264 e. The number of aromatic amines is 1. The van der Waals surface area contributed by atoms with Crippen LogP contribution in [0.2, 0.25) is 0 Å². The van der Waals surface area contributed by atoms with Crippen molar-refractivity contribution in [3.63, 3.8) is 0 Å². The first kappa shape index (κ1) is 14.2. The number of halogens is 1. The molecule has 0 radical (unpaired) electrons. The number of nitrogens with zero attached hydrogens (tertiary/aromatic N) is 2. The molecule has 0 saturated heterocycles. The normalized spacial score (nSPS) is 10.7. The minimum Gasteiger partial charge on any atom is -0.304 e. The van der Waals surface area contributed by atoms with Crippen molar-refractivity contribution in [2.75, 3.05) is 0 Å². The molecule has 0 saturated carbocycles. The van der Waals surface area contributed by atoms with Gasteiger partial charge in [0.2, 0.25) is 0 Å². The van der Waals surface area contributed by atoms with Crippen molar-refractivity contribution in [2.45, 2.75) is 33.1 Å². The van der Waals surface area contributed by atoms with E-state index in [1.165, 1.54) is 0 Å². The number of pyridine rings is 1. The molecule has 0 spiro atoms. The molecule has 2 heterocycles. The van der Waals surface area contributed by atoms with Crippen molar-refractivity contribution < 1.29 is 0 Å². The molecule has 0 aromatic carbocycles. The van der Waals surface area contributed by atoms with Crippen LogP contribution < -0.4 is 5.56 Å². The molecule has 0 aliphatic heterocycles. The van der Waals surface area contributed by atoms with Gasteiger partial charge in [0, 0.05) is 6.20 Å². The molecule has 0 unspecified atom stereocenters. The number of hydrogen-bond donors (Lipinski definition) is 1. The van der Waals surface area contributed by atoms with E-state index in [-0.39, 0.29) is 5.56 Å². The van der Waals surface area contributed by atoms with Gasteiger partial charge in [-0.2, -0.15) is 0 Å². The van der Waals surface area contributed by atoms with Crippen molar-refractivity contribution in [3.05, 3.63) is 43.5 Å². The predicted molar refractivity (Wildman–Crippen MR) is 84.2 cm³/mol. The highest BCUT2D eigenvalue weighted by Gasteiger charge is 2.12. The molecule has 2 aromatic rings. The Bertz CT molecular complexity index is 637. The molecule has 5 heteroatoms.